The Morgan fingerprint density at radius 2 is 0.917 bits per heavy atom. The second-order valence-electron chi connectivity index (χ2n) is 4.97. The largest absolute Gasteiger partial charge is 0.393 e. The van der Waals surface area contributed by atoms with Gasteiger partial charge in [-0.25, -0.2) is 0 Å². The Morgan fingerprint density at radius 3 is 1.25 bits per heavy atom. The van der Waals surface area contributed by atoms with E-state index >= 15 is 0 Å². The summed E-state index contributed by atoms with van der Waals surface area (Å²) in [5, 5.41) is 0. The SMILES string of the molecule is FC(F)(F)Cc1ccccc1SSc1ccccc1CC(F)(F)F. The zero-order valence-electron chi connectivity index (χ0n) is 12.1. The van der Waals surface area contributed by atoms with E-state index in [0.29, 0.717) is 9.79 Å². The molecule has 0 bridgehead atoms. The van der Waals surface area contributed by atoms with E-state index < -0.39 is 25.2 Å². The summed E-state index contributed by atoms with van der Waals surface area (Å²) in [5.74, 6) is 0. The number of benzene rings is 2. The van der Waals surface area contributed by atoms with Gasteiger partial charge in [-0.15, -0.1) is 0 Å². The van der Waals surface area contributed by atoms with Crippen molar-refractivity contribution in [2.45, 2.75) is 35.0 Å². The Labute approximate surface area is 143 Å². The molecule has 2 aromatic rings. The van der Waals surface area contributed by atoms with Crippen LogP contribution in [0.2, 0.25) is 0 Å². The van der Waals surface area contributed by atoms with Crippen LogP contribution >= 0.6 is 21.6 Å². The van der Waals surface area contributed by atoms with Crippen molar-refractivity contribution in [3.63, 3.8) is 0 Å². The fourth-order valence-electron chi connectivity index (χ4n) is 1.98. The molecule has 0 aliphatic rings. The average Bonchev–Trinajstić information content (AvgIpc) is 2.44. The van der Waals surface area contributed by atoms with E-state index in [1.54, 1.807) is 12.1 Å². The third-order valence-electron chi connectivity index (χ3n) is 2.95. The van der Waals surface area contributed by atoms with Crippen LogP contribution in [0.15, 0.2) is 58.3 Å². The second-order valence-corrected chi connectivity index (χ2v) is 7.18. The molecule has 0 heterocycles. The lowest BCUT2D eigenvalue weighted by molar-refractivity contribution is -0.128. The summed E-state index contributed by atoms with van der Waals surface area (Å²) in [7, 11) is 2.06. The lowest BCUT2D eigenvalue weighted by Crippen LogP contribution is -2.12. The van der Waals surface area contributed by atoms with Gasteiger partial charge >= 0.3 is 12.4 Å². The Balaban J connectivity index is 2.15. The molecule has 0 N–H and O–H groups in total. The second kappa shape index (κ2) is 7.74. The van der Waals surface area contributed by atoms with Gasteiger partial charge in [0.05, 0.1) is 12.8 Å². The average molecular weight is 382 g/mol. The quantitative estimate of drug-likeness (QED) is 0.417. The van der Waals surface area contributed by atoms with Crippen molar-refractivity contribution >= 4 is 21.6 Å². The normalized spacial score (nSPS) is 12.4. The summed E-state index contributed by atoms with van der Waals surface area (Å²) < 4.78 is 75.6. The van der Waals surface area contributed by atoms with E-state index in [1.807, 2.05) is 0 Å². The summed E-state index contributed by atoms with van der Waals surface area (Å²) in [4.78, 5) is 0.781. The van der Waals surface area contributed by atoms with Crippen LogP contribution in [0.1, 0.15) is 11.1 Å². The van der Waals surface area contributed by atoms with Crippen LogP contribution in [0.4, 0.5) is 26.3 Å². The maximum Gasteiger partial charge on any atom is 0.393 e. The molecule has 0 saturated carbocycles. The van der Waals surface area contributed by atoms with E-state index in [4.69, 9.17) is 0 Å². The molecule has 0 fully saturated rings. The third-order valence-corrected chi connectivity index (χ3v) is 5.51. The van der Waals surface area contributed by atoms with Gasteiger partial charge in [-0.05, 0) is 23.3 Å². The lowest BCUT2D eigenvalue weighted by atomic mass is 10.1. The van der Waals surface area contributed by atoms with Crippen LogP contribution < -0.4 is 0 Å². The van der Waals surface area contributed by atoms with Crippen LogP contribution in [0.5, 0.6) is 0 Å². The smallest absolute Gasteiger partial charge is 0.171 e. The van der Waals surface area contributed by atoms with E-state index in [0.717, 1.165) is 21.6 Å². The summed E-state index contributed by atoms with van der Waals surface area (Å²) in [6.45, 7) is 0. The van der Waals surface area contributed by atoms with Gasteiger partial charge in [-0.2, -0.15) is 26.3 Å². The number of hydrogen-bond donors (Lipinski definition) is 0. The molecule has 130 valence electrons. The fourth-order valence-corrected chi connectivity index (χ4v) is 4.44. The van der Waals surface area contributed by atoms with Gasteiger partial charge in [-0.3, -0.25) is 0 Å². The molecule has 0 saturated heterocycles. The minimum Gasteiger partial charge on any atom is -0.171 e. The molecule has 0 aliphatic heterocycles. The topological polar surface area (TPSA) is 0 Å². The lowest BCUT2D eigenvalue weighted by Gasteiger charge is -2.13. The van der Waals surface area contributed by atoms with E-state index in [9.17, 15) is 26.3 Å². The highest BCUT2D eigenvalue weighted by molar-refractivity contribution is 8.76. The highest BCUT2D eigenvalue weighted by Crippen LogP contribution is 2.42. The van der Waals surface area contributed by atoms with Crippen molar-refractivity contribution in [3.8, 4) is 0 Å². The molecule has 0 radical (unpaired) electrons. The maximum atomic E-state index is 12.6. The van der Waals surface area contributed by atoms with Crippen molar-refractivity contribution in [2.75, 3.05) is 0 Å². The molecule has 24 heavy (non-hydrogen) atoms. The Hall–Kier alpha value is -1.28. The molecule has 0 amide bonds. The van der Waals surface area contributed by atoms with Crippen molar-refractivity contribution in [2.24, 2.45) is 0 Å². The number of rotatable bonds is 5. The molecule has 0 aliphatic carbocycles. The molecule has 0 aromatic heterocycles. The van der Waals surface area contributed by atoms with Gasteiger partial charge in [0.25, 0.3) is 0 Å². The minimum atomic E-state index is -4.34. The molecule has 0 spiro atoms. The zero-order valence-corrected chi connectivity index (χ0v) is 13.8. The predicted molar refractivity (Wildman–Crippen MR) is 84.1 cm³/mol. The van der Waals surface area contributed by atoms with Gasteiger partial charge in [-0.1, -0.05) is 58.0 Å². The summed E-state index contributed by atoms with van der Waals surface area (Å²) in [6, 6.07) is 12.0. The number of halogens is 6. The van der Waals surface area contributed by atoms with Crippen LogP contribution in [0.25, 0.3) is 0 Å². The van der Waals surface area contributed by atoms with Gasteiger partial charge in [0.2, 0.25) is 0 Å². The first-order valence-corrected chi connectivity index (χ1v) is 8.93. The molecule has 0 unspecified atom stereocenters. The first kappa shape index (κ1) is 19.1. The molecule has 2 rings (SSSR count). The van der Waals surface area contributed by atoms with Crippen LogP contribution in [-0.2, 0) is 12.8 Å². The van der Waals surface area contributed by atoms with Crippen LogP contribution in [0, 0.1) is 0 Å². The summed E-state index contributed by atoms with van der Waals surface area (Å²) >= 11 is 0. The first-order chi connectivity index (χ1) is 11.1. The molecule has 0 atom stereocenters. The fraction of sp³-hybridized carbons (Fsp3) is 0.250. The van der Waals surface area contributed by atoms with Crippen molar-refractivity contribution < 1.29 is 26.3 Å². The van der Waals surface area contributed by atoms with Gasteiger partial charge < -0.3 is 0 Å². The highest BCUT2D eigenvalue weighted by atomic mass is 33.1. The van der Waals surface area contributed by atoms with Crippen LogP contribution in [0.3, 0.4) is 0 Å². The summed E-state index contributed by atoms with van der Waals surface area (Å²) in [6.07, 6.45) is -10.8. The van der Waals surface area contributed by atoms with Gasteiger partial charge in [0, 0.05) is 9.79 Å². The molecule has 8 heteroatoms. The van der Waals surface area contributed by atoms with Gasteiger partial charge in [0.15, 0.2) is 0 Å². The Bertz CT molecular complexity index is 619. The Morgan fingerprint density at radius 1 is 0.583 bits per heavy atom. The molecular weight excluding hydrogens is 370 g/mol. The minimum absolute atomic E-state index is 0.107. The molecule has 2 aromatic carbocycles. The van der Waals surface area contributed by atoms with Crippen LogP contribution in [-0.4, -0.2) is 12.4 Å². The van der Waals surface area contributed by atoms with E-state index in [-0.39, 0.29) is 11.1 Å². The van der Waals surface area contributed by atoms with Crippen molar-refractivity contribution in [1.29, 1.82) is 0 Å². The third kappa shape index (κ3) is 6.32. The predicted octanol–water partition coefficient (Wildman–Crippen LogP) is 6.70. The number of hydrogen-bond acceptors (Lipinski definition) is 2. The Kier molecular flexibility index (Phi) is 6.14. The number of alkyl halides is 6. The van der Waals surface area contributed by atoms with Crippen molar-refractivity contribution in [1.82, 2.24) is 0 Å². The monoisotopic (exact) mass is 382 g/mol. The first-order valence-electron chi connectivity index (χ1n) is 6.78. The summed E-state index contributed by atoms with van der Waals surface area (Å²) in [5.41, 5.74) is 0.214. The molecular formula is C16H12F6S2. The zero-order chi connectivity index (χ0) is 17.8. The maximum absolute atomic E-state index is 12.6. The van der Waals surface area contributed by atoms with E-state index in [2.05, 4.69) is 0 Å². The molecule has 0 nitrogen and oxygen atoms in total. The van der Waals surface area contributed by atoms with Crippen molar-refractivity contribution in [3.05, 3.63) is 59.7 Å². The standard InChI is InChI=1S/C16H12F6S2/c17-15(18,19)9-11-5-1-3-7-13(11)23-24-14-8-4-2-6-12(14)10-16(20,21)22/h1-8H,9-10H2. The highest BCUT2D eigenvalue weighted by Gasteiger charge is 2.30. The van der Waals surface area contributed by atoms with E-state index in [1.165, 1.54) is 36.4 Å². The van der Waals surface area contributed by atoms with Gasteiger partial charge in [0.1, 0.15) is 0 Å².